The van der Waals surface area contributed by atoms with E-state index in [9.17, 15) is 8.42 Å². The number of hydrogen-bond acceptors (Lipinski definition) is 4. The molecule has 3 N–H and O–H groups in total. The quantitative estimate of drug-likeness (QED) is 0.214. The summed E-state index contributed by atoms with van der Waals surface area (Å²) >= 11 is 0. The maximum absolute atomic E-state index is 11.4. The van der Waals surface area contributed by atoms with E-state index < -0.39 is 15.6 Å². The SMILES string of the molecule is CCNC(=NCC(C)(C)NS(C)(=O)=O)NCCOc1ccccc1.I. The van der Waals surface area contributed by atoms with Gasteiger partial charge < -0.3 is 15.4 Å². The van der Waals surface area contributed by atoms with Crippen LogP contribution in [0.1, 0.15) is 20.8 Å². The summed E-state index contributed by atoms with van der Waals surface area (Å²) in [7, 11) is -3.27. The van der Waals surface area contributed by atoms with Crippen LogP contribution in [0.4, 0.5) is 0 Å². The van der Waals surface area contributed by atoms with Gasteiger partial charge in [0.25, 0.3) is 0 Å². The van der Waals surface area contributed by atoms with E-state index in [1.54, 1.807) is 13.8 Å². The normalized spacial score (nSPS) is 12.2. The average molecular weight is 484 g/mol. The molecule has 1 rings (SSSR count). The van der Waals surface area contributed by atoms with Crippen molar-refractivity contribution in [3.05, 3.63) is 30.3 Å². The summed E-state index contributed by atoms with van der Waals surface area (Å²) in [6, 6.07) is 9.58. The fourth-order valence-electron chi connectivity index (χ4n) is 2.01. The van der Waals surface area contributed by atoms with Gasteiger partial charge in [0.05, 0.1) is 19.3 Å². The molecule has 0 aliphatic carbocycles. The molecule has 0 spiro atoms. The Morgan fingerprint density at radius 3 is 2.40 bits per heavy atom. The Labute approximate surface area is 168 Å². The fourth-order valence-corrected chi connectivity index (χ4v) is 3.08. The zero-order chi connectivity index (χ0) is 18.1. The third kappa shape index (κ3) is 12.0. The fraction of sp³-hybridized carbons (Fsp3) is 0.562. The molecule has 0 saturated carbocycles. The summed E-state index contributed by atoms with van der Waals surface area (Å²) in [4.78, 5) is 4.43. The van der Waals surface area contributed by atoms with E-state index >= 15 is 0 Å². The molecular weight excluding hydrogens is 455 g/mol. The van der Waals surface area contributed by atoms with Crippen molar-refractivity contribution in [3.8, 4) is 5.75 Å². The number of halogens is 1. The predicted octanol–water partition coefficient (Wildman–Crippen LogP) is 1.57. The lowest BCUT2D eigenvalue weighted by Gasteiger charge is -2.23. The second kappa shape index (κ2) is 11.5. The Morgan fingerprint density at radius 1 is 1.20 bits per heavy atom. The van der Waals surface area contributed by atoms with Crippen molar-refractivity contribution >= 4 is 40.0 Å². The standard InChI is InChI=1S/C16H28N4O3S.HI/c1-5-17-15(19-13-16(2,3)20-24(4,21)22)18-11-12-23-14-9-7-6-8-10-14;/h6-10,20H,5,11-13H2,1-4H3,(H2,17,18,19);1H. The summed E-state index contributed by atoms with van der Waals surface area (Å²) in [5.41, 5.74) is -0.656. The van der Waals surface area contributed by atoms with Gasteiger partial charge >= 0.3 is 0 Å². The Bertz CT molecular complexity index is 622. The minimum atomic E-state index is -3.27. The van der Waals surface area contributed by atoms with Crippen molar-refractivity contribution in [1.29, 1.82) is 0 Å². The van der Waals surface area contributed by atoms with Gasteiger partial charge in [0, 0.05) is 12.1 Å². The van der Waals surface area contributed by atoms with Gasteiger partial charge in [-0.05, 0) is 32.9 Å². The van der Waals surface area contributed by atoms with Crippen LogP contribution in [0.5, 0.6) is 5.75 Å². The van der Waals surface area contributed by atoms with Crippen molar-refractivity contribution < 1.29 is 13.2 Å². The number of ether oxygens (including phenoxy) is 1. The number of guanidine groups is 1. The highest BCUT2D eigenvalue weighted by atomic mass is 127. The lowest BCUT2D eigenvalue weighted by molar-refractivity contribution is 0.322. The summed E-state index contributed by atoms with van der Waals surface area (Å²) in [5, 5.41) is 6.29. The molecule has 7 nitrogen and oxygen atoms in total. The smallest absolute Gasteiger partial charge is 0.209 e. The first-order chi connectivity index (χ1) is 11.2. The van der Waals surface area contributed by atoms with Gasteiger partial charge in [0.1, 0.15) is 12.4 Å². The summed E-state index contributed by atoms with van der Waals surface area (Å²) in [6.07, 6.45) is 1.14. The number of aliphatic imine (C=N–C) groups is 1. The molecule has 0 aliphatic heterocycles. The summed E-state index contributed by atoms with van der Waals surface area (Å²) < 4.78 is 30.9. The molecule has 25 heavy (non-hydrogen) atoms. The van der Waals surface area contributed by atoms with Crippen LogP contribution in [0, 0.1) is 0 Å². The lowest BCUT2D eigenvalue weighted by atomic mass is 10.1. The first-order valence-electron chi connectivity index (χ1n) is 7.91. The molecule has 0 amide bonds. The van der Waals surface area contributed by atoms with Crippen LogP contribution in [0.3, 0.4) is 0 Å². The first-order valence-corrected chi connectivity index (χ1v) is 9.80. The Balaban J connectivity index is 0.00000576. The van der Waals surface area contributed by atoms with E-state index in [-0.39, 0.29) is 24.0 Å². The maximum Gasteiger partial charge on any atom is 0.209 e. The van der Waals surface area contributed by atoms with Crippen molar-refractivity contribution in [2.45, 2.75) is 26.3 Å². The molecule has 0 fully saturated rings. The maximum atomic E-state index is 11.4. The van der Waals surface area contributed by atoms with Crippen LogP contribution in [0.25, 0.3) is 0 Å². The van der Waals surface area contributed by atoms with Gasteiger partial charge in [-0.2, -0.15) is 0 Å². The minimum absolute atomic E-state index is 0. The highest BCUT2D eigenvalue weighted by Gasteiger charge is 2.21. The van der Waals surface area contributed by atoms with Crippen molar-refractivity contribution in [2.75, 3.05) is 32.5 Å². The molecule has 0 aliphatic rings. The van der Waals surface area contributed by atoms with Gasteiger partial charge in [-0.3, -0.25) is 4.99 Å². The van der Waals surface area contributed by atoms with Gasteiger partial charge in [0.2, 0.25) is 10.0 Å². The van der Waals surface area contributed by atoms with Gasteiger partial charge in [0.15, 0.2) is 5.96 Å². The van der Waals surface area contributed by atoms with Gasteiger partial charge in [-0.15, -0.1) is 24.0 Å². The van der Waals surface area contributed by atoms with Gasteiger partial charge in [-0.1, -0.05) is 18.2 Å². The first kappa shape index (κ1) is 23.9. The molecule has 1 aromatic carbocycles. The molecule has 144 valence electrons. The molecule has 1 aromatic rings. The Morgan fingerprint density at radius 2 is 1.84 bits per heavy atom. The third-order valence-electron chi connectivity index (χ3n) is 2.84. The van der Waals surface area contributed by atoms with E-state index in [0.717, 1.165) is 12.0 Å². The number of nitrogens with one attached hydrogen (secondary N) is 3. The van der Waals surface area contributed by atoms with Crippen LogP contribution in [0.15, 0.2) is 35.3 Å². The third-order valence-corrected chi connectivity index (χ3v) is 3.77. The zero-order valence-corrected chi connectivity index (χ0v) is 18.4. The van der Waals surface area contributed by atoms with Crippen molar-refractivity contribution in [2.24, 2.45) is 4.99 Å². The molecule has 0 radical (unpaired) electrons. The number of hydrogen-bond donors (Lipinski definition) is 3. The Kier molecular flexibility index (Phi) is 11.0. The monoisotopic (exact) mass is 484 g/mol. The molecule has 0 bridgehead atoms. The number of rotatable bonds is 9. The largest absolute Gasteiger partial charge is 0.492 e. The molecule has 0 heterocycles. The van der Waals surface area contributed by atoms with Crippen molar-refractivity contribution in [1.82, 2.24) is 15.4 Å². The van der Waals surface area contributed by atoms with Crippen LogP contribution < -0.4 is 20.1 Å². The second-order valence-electron chi connectivity index (χ2n) is 6.04. The van der Waals surface area contributed by atoms with Crippen LogP contribution in [-0.4, -0.2) is 52.4 Å². The molecule has 0 atom stereocenters. The highest BCUT2D eigenvalue weighted by Crippen LogP contribution is 2.07. The van der Waals surface area contributed by atoms with E-state index in [1.807, 2.05) is 37.3 Å². The van der Waals surface area contributed by atoms with Crippen LogP contribution in [-0.2, 0) is 10.0 Å². The number of nitrogens with zero attached hydrogens (tertiary/aromatic N) is 1. The number of benzene rings is 1. The number of sulfonamides is 1. The average Bonchev–Trinajstić information content (AvgIpc) is 2.48. The zero-order valence-electron chi connectivity index (χ0n) is 15.2. The van der Waals surface area contributed by atoms with Crippen LogP contribution in [0.2, 0.25) is 0 Å². The molecular formula is C16H29IN4O3S. The lowest BCUT2D eigenvalue weighted by Crippen LogP contribution is -2.47. The predicted molar refractivity (Wildman–Crippen MR) is 113 cm³/mol. The molecule has 0 unspecified atom stereocenters. The highest BCUT2D eigenvalue weighted by molar-refractivity contribution is 14.0. The molecule has 0 saturated heterocycles. The van der Waals surface area contributed by atoms with Crippen LogP contribution >= 0.6 is 24.0 Å². The van der Waals surface area contributed by atoms with E-state index in [0.29, 0.717) is 32.2 Å². The van der Waals surface area contributed by atoms with E-state index in [1.165, 1.54) is 0 Å². The minimum Gasteiger partial charge on any atom is -0.492 e. The second-order valence-corrected chi connectivity index (χ2v) is 7.79. The number of para-hydroxylation sites is 1. The summed E-state index contributed by atoms with van der Waals surface area (Å²) in [6.45, 7) is 7.66. The molecule has 9 heteroatoms. The van der Waals surface area contributed by atoms with E-state index in [4.69, 9.17) is 4.74 Å². The Hall–Kier alpha value is -1.07. The van der Waals surface area contributed by atoms with Crippen molar-refractivity contribution in [3.63, 3.8) is 0 Å². The van der Waals surface area contributed by atoms with E-state index in [2.05, 4.69) is 20.3 Å². The molecule has 0 aromatic heterocycles. The summed E-state index contributed by atoms with van der Waals surface area (Å²) in [5.74, 6) is 1.44. The van der Waals surface area contributed by atoms with Gasteiger partial charge in [-0.25, -0.2) is 13.1 Å². The topological polar surface area (TPSA) is 91.8 Å².